The summed E-state index contributed by atoms with van der Waals surface area (Å²) < 4.78 is 0. The first kappa shape index (κ1) is 16.3. The summed E-state index contributed by atoms with van der Waals surface area (Å²) in [5.41, 5.74) is 1.90. The molecule has 5 heteroatoms. The first-order valence-electron chi connectivity index (χ1n) is 7.40. The molecule has 0 atom stereocenters. The van der Waals surface area contributed by atoms with Gasteiger partial charge >= 0.3 is 0 Å². The Morgan fingerprint density at radius 1 is 1.20 bits per heavy atom. The molecular formula is C15H25N3O2. The van der Waals surface area contributed by atoms with Crippen LogP contribution in [0, 0.1) is 10.1 Å². The second-order valence-corrected chi connectivity index (χ2v) is 4.86. The van der Waals surface area contributed by atoms with Gasteiger partial charge in [-0.05, 0) is 25.8 Å². The van der Waals surface area contributed by atoms with Crippen LogP contribution >= 0.6 is 0 Å². The monoisotopic (exact) mass is 279 g/mol. The highest BCUT2D eigenvalue weighted by Gasteiger charge is 2.13. The van der Waals surface area contributed by atoms with Gasteiger partial charge in [-0.25, -0.2) is 0 Å². The normalized spacial score (nSPS) is 10.3. The Hall–Kier alpha value is -1.78. The molecule has 0 heterocycles. The van der Waals surface area contributed by atoms with E-state index < -0.39 is 0 Å². The number of benzene rings is 1. The molecule has 0 amide bonds. The summed E-state index contributed by atoms with van der Waals surface area (Å²) in [5.74, 6) is 0. The summed E-state index contributed by atoms with van der Waals surface area (Å²) in [4.78, 5) is 12.9. The minimum Gasteiger partial charge on any atom is -0.385 e. The Bertz CT molecular complexity index is 435. The summed E-state index contributed by atoms with van der Waals surface area (Å²) in [5, 5.41) is 14.3. The summed E-state index contributed by atoms with van der Waals surface area (Å²) in [7, 11) is 0. The van der Waals surface area contributed by atoms with Gasteiger partial charge in [0.1, 0.15) is 0 Å². The van der Waals surface area contributed by atoms with Crippen molar-refractivity contribution in [2.45, 2.75) is 40.0 Å². The fourth-order valence-corrected chi connectivity index (χ4v) is 2.07. The number of unbranched alkanes of at least 4 members (excludes halogenated alkanes) is 1. The number of nitrogens with zero attached hydrogens (tertiary/aromatic N) is 2. The van der Waals surface area contributed by atoms with E-state index in [1.54, 1.807) is 12.1 Å². The van der Waals surface area contributed by atoms with Crippen LogP contribution < -0.4 is 10.2 Å². The largest absolute Gasteiger partial charge is 0.385 e. The van der Waals surface area contributed by atoms with Crippen LogP contribution in [0.5, 0.6) is 0 Å². The maximum atomic E-state index is 11.1. The maximum absolute atomic E-state index is 11.1. The molecule has 1 aromatic carbocycles. The quantitative estimate of drug-likeness (QED) is 0.547. The minimum atomic E-state index is -0.325. The van der Waals surface area contributed by atoms with E-state index in [9.17, 15) is 10.1 Å². The van der Waals surface area contributed by atoms with Gasteiger partial charge in [0, 0.05) is 43.1 Å². The first-order chi connectivity index (χ1) is 9.62. The molecule has 0 aliphatic heterocycles. The number of hydrogen-bond donors (Lipinski definition) is 1. The van der Waals surface area contributed by atoms with Gasteiger partial charge < -0.3 is 10.2 Å². The lowest BCUT2D eigenvalue weighted by Crippen LogP contribution is -2.24. The molecule has 1 N–H and O–H groups in total. The molecule has 20 heavy (non-hydrogen) atoms. The van der Waals surface area contributed by atoms with E-state index in [-0.39, 0.29) is 10.6 Å². The van der Waals surface area contributed by atoms with Gasteiger partial charge in [0.25, 0.3) is 5.69 Å². The average Bonchev–Trinajstić information content (AvgIpc) is 2.45. The Morgan fingerprint density at radius 3 is 2.50 bits per heavy atom. The van der Waals surface area contributed by atoms with Crippen molar-refractivity contribution in [3.63, 3.8) is 0 Å². The Labute approximate surface area is 121 Å². The van der Waals surface area contributed by atoms with E-state index in [0.717, 1.165) is 50.3 Å². The van der Waals surface area contributed by atoms with Crippen molar-refractivity contribution >= 4 is 17.1 Å². The number of hydrogen-bond acceptors (Lipinski definition) is 4. The molecule has 0 unspecified atom stereocenters. The van der Waals surface area contributed by atoms with Gasteiger partial charge in [0.05, 0.1) is 4.92 Å². The Morgan fingerprint density at radius 2 is 1.95 bits per heavy atom. The molecule has 0 aromatic heterocycles. The number of nitro groups is 1. The van der Waals surface area contributed by atoms with Crippen LogP contribution in [-0.4, -0.2) is 24.6 Å². The fourth-order valence-electron chi connectivity index (χ4n) is 2.07. The first-order valence-corrected chi connectivity index (χ1v) is 7.40. The number of non-ortho nitro benzene ring substituents is 1. The molecule has 0 spiro atoms. The highest BCUT2D eigenvalue weighted by Crippen LogP contribution is 2.27. The molecule has 1 aromatic rings. The molecule has 0 aliphatic carbocycles. The van der Waals surface area contributed by atoms with Crippen molar-refractivity contribution in [3.05, 3.63) is 28.3 Å². The zero-order valence-electron chi connectivity index (χ0n) is 12.7. The van der Waals surface area contributed by atoms with Crippen LogP contribution in [0.3, 0.4) is 0 Å². The lowest BCUT2D eigenvalue weighted by atomic mass is 10.2. The molecule has 1 rings (SSSR count). The second kappa shape index (κ2) is 8.40. The van der Waals surface area contributed by atoms with Crippen molar-refractivity contribution in [3.8, 4) is 0 Å². The number of rotatable bonds is 9. The van der Waals surface area contributed by atoms with E-state index in [4.69, 9.17) is 0 Å². The lowest BCUT2D eigenvalue weighted by molar-refractivity contribution is -0.384. The standard InChI is InChI=1S/C15H25N3O2/c1-4-7-9-17(6-3)14-10-13(16-8-5-2)11-15(12-14)18(19)20/h10-12,16H,4-9H2,1-3H3. The van der Waals surface area contributed by atoms with E-state index in [2.05, 4.69) is 31.0 Å². The van der Waals surface area contributed by atoms with Gasteiger partial charge in [-0.2, -0.15) is 0 Å². The van der Waals surface area contributed by atoms with Gasteiger partial charge in [0.15, 0.2) is 0 Å². The van der Waals surface area contributed by atoms with Crippen LogP contribution in [-0.2, 0) is 0 Å². The van der Waals surface area contributed by atoms with Crippen LogP contribution in [0.15, 0.2) is 18.2 Å². The number of nitrogens with one attached hydrogen (secondary N) is 1. The molecule has 0 saturated heterocycles. The van der Waals surface area contributed by atoms with Crippen molar-refractivity contribution in [1.29, 1.82) is 0 Å². The zero-order chi connectivity index (χ0) is 15.0. The van der Waals surface area contributed by atoms with E-state index in [1.807, 2.05) is 6.07 Å². The third-order valence-electron chi connectivity index (χ3n) is 3.22. The smallest absolute Gasteiger partial charge is 0.273 e. The molecule has 112 valence electrons. The van der Waals surface area contributed by atoms with E-state index >= 15 is 0 Å². The van der Waals surface area contributed by atoms with Crippen LogP contribution in [0.25, 0.3) is 0 Å². The van der Waals surface area contributed by atoms with Crippen molar-refractivity contribution < 1.29 is 4.92 Å². The van der Waals surface area contributed by atoms with Crippen LogP contribution in [0.1, 0.15) is 40.0 Å². The highest BCUT2D eigenvalue weighted by molar-refractivity contribution is 5.64. The predicted molar refractivity (Wildman–Crippen MR) is 84.7 cm³/mol. The van der Waals surface area contributed by atoms with Crippen molar-refractivity contribution in [2.24, 2.45) is 0 Å². The van der Waals surface area contributed by atoms with Gasteiger partial charge in [0.2, 0.25) is 0 Å². The molecule has 0 aliphatic rings. The Kier molecular flexibility index (Phi) is 6.84. The predicted octanol–water partition coefficient (Wildman–Crippen LogP) is 4.04. The summed E-state index contributed by atoms with van der Waals surface area (Å²) in [6.45, 7) is 8.91. The van der Waals surface area contributed by atoms with Gasteiger partial charge in [-0.3, -0.25) is 10.1 Å². The molecule has 0 fully saturated rings. The fraction of sp³-hybridized carbons (Fsp3) is 0.600. The zero-order valence-corrected chi connectivity index (χ0v) is 12.7. The highest BCUT2D eigenvalue weighted by atomic mass is 16.6. The molecule has 0 radical (unpaired) electrons. The SMILES string of the molecule is CCCCN(CC)c1cc(NCCC)cc([N+](=O)[O-])c1. The minimum absolute atomic E-state index is 0.149. The lowest BCUT2D eigenvalue weighted by Gasteiger charge is -2.23. The second-order valence-electron chi connectivity index (χ2n) is 4.86. The average molecular weight is 279 g/mol. The van der Waals surface area contributed by atoms with Crippen molar-refractivity contribution in [2.75, 3.05) is 29.9 Å². The maximum Gasteiger partial charge on any atom is 0.273 e. The topological polar surface area (TPSA) is 58.4 Å². The molecular weight excluding hydrogens is 254 g/mol. The molecule has 0 bridgehead atoms. The number of nitro benzene ring substituents is 1. The summed E-state index contributed by atoms with van der Waals surface area (Å²) in [6.07, 6.45) is 3.20. The third kappa shape index (κ3) is 4.72. The van der Waals surface area contributed by atoms with Gasteiger partial charge in [-0.15, -0.1) is 0 Å². The summed E-state index contributed by atoms with van der Waals surface area (Å²) in [6, 6.07) is 5.27. The number of anilines is 2. The van der Waals surface area contributed by atoms with Crippen LogP contribution in [0.4, 0.5) is 17.1 Å². The van der Waals surface area contributed by atoms with Crippen molar-refractivity contribution in [1.82, 2.24) is 0 Å². The van der Waals surface area contributed by atoms with Crippen LogP contribution in [0.2, 0.25) is 0 Å². The molecule has 0 saturated carbocycles. The summed E-state index contributed by atoms with van der Waals surface area (Å²) >= 11 is 0. The Balaban J connectivity index is 3.02. The van der Waals surface area contributed by atoms with E-state index in [1.165, 1.54) is 0 Å². The third-order valence-corrected chi connectivity index (χ3v) is 3.22. The van der Waals surface area contributed by atoms with E-state index in [0.29, 0.717) is 0 Å². The molecule has 5 nitrogen and oxygen atoms in total. The van der Waals surface area contributed by atoms with Gasteiger partial charge in [-0.1, -0.05) is 20.3 Å².